The smallest absolute Gasteiger partial charge is 0.330 e. The van der Waals surface area contributed by atoms with Gasteiger partial charge in [0.2, 0.25) is 0 Å². The number of nitrogens with two attached hydrogens (primary N) is 2. The lowest BCUT2D eigenvalue weighted by Gasteiger charge is -2.05. The van der Waals surface area contributed by atoms with E-state index in [1.807, 2.05) is 123 Å². The normalized spacial score (nSPS) is 9.19. The summed E-state index contributed by atoms with van der Waals surface area (Å²) >= 11 is 0. The van der Waals surface area contributed by atoms with Crippen LogP contribution in [-0.4, -0.2) is 30.7 Å². The van der Waals surface area contributed by atoms with Gasteiger partial charge in [-0.15, -0.1) is 0 Å². The quantitative estimate of drug-likeness (QED) is 0.113. The van der Waals surface area contributed by atoms with Gasteiger partial charge in [0.15, 0.2) is 0 Å². The fraction of sp³-hybridized carbons (Fsp3) is 0.351. The number of nitrogens with zero attached hydrogens (tertiary/aromatic N) is 2. The molecule has 0 bridgehead atoms. The Balaban J connectivity index is 0. The third-order valence-corrected chi connectivity index (χ3v) is 5.61. The summed E-state index contributed by atoms with van der Waals surface area (Å²) in [5.41, 5.74) is 16.2. The summed E-state index contributed by atoms with van der Waals surface area (Å²) in [4.78, 5) is 48.6. The molecule has 258 valence electrons. The molecular weight excluding hydrogens is 592 g/mol. The number of aromatic amines is 2. The van der Waals surface area contributed by atoms with Gasteiger partial charge in [0.05, 0.1) is 39.9 Å². The average Bonchev–Trinajstić information content (AvgIpc) is 3.57. The molecule has 0 fully saturated rings. The first kappa shape index (κ1) is 44.0. The van der Waals surface area contributed by atoms with E-state index in [0.29, 0.717) is 11.4 Å². The number of hydrogen-bond acceptors (Lipinski definition) is 6. The molecular formula is C37H56N6O4. The summed E-state index contributed by atoms with van der Waals surface area (Å²) in [7, 11) is 0. The second kappa shape index (κ2) is 24.2. The number of carbonyl (C=O) groups excluding carboxylic acids is 2. The highest BCUT2D eigenvalue weighted by molar-refractivity contribution is 5.96. The fourth-order valence-corrected chi connectivity index (χ4v) is 3.88. The van der Waals surface area contributed by atoms with Crippen LogP contribution in [0.15, 0.2) is 89.0 Å². The first-order valence-corrected chi connectivity index (χ1v) is 16.0. The minimum absolute atomic E-state index is 0.0313. The SMILES string of the molecule is C=C(C)n1c(=O)[nH]c2ccccc21.CC.CC.CC.CC(=O)CC(C)=O.CC(C)n1c(=O)[nH]c2ccccc21.Nc1ccccc1N. The van der Waals surface area contributed by atoms with E-state index in [-0.39, 0.29) is 35.4 Å². The largest absolute Gasteiger partial charge is 0.397 e. The van der Waals surface area contributed by atoms with Crippen molar-refractivity contribution in [1.29, 1.82) is 0 Å². The first-order valence-electron chi connectivity index (χ1n) is 16.0. The second-order valence-corrected chi connectivity index (χ2v) is 9.64. The lowest BCUT2D eigenvalue weighted by atomic mass is 10.2. The Morgan fingerprint density at radius 1 is 0.660 bits per heavy atom. The number of fused-ring (bicyclic) bond motifs is 2. The maximum absolute atomic E-state index is 11.5. The van der Waals surface area contributed by atoms with Crippen molar-refractivity contribution < 1.29 is 9.59 Å². The van der Waals surface area contributed by atoms with Crippen molar-refractivity contribution in [3.05, 3.63) is 100 Å². The van der Waals surface area contributed by atoms with E-state index >= 15 is 0 Å². The highest BCUT2D eigenvalue weighted by Gasteiger charge is 2.07. The number of anilines is 2. The Labute approximate surface area is 279 Å². The third-order valence-electron chi connectivity index (χ3n) is 5.61. The van der Waals surface area contributed by atoms with Crippen molar-refractivity contribution in [2.75, 3.05) is 11.5 Å². The van der Waals surface area contributed by atoms with E-state index in [1.54, 1.807) is 21.3 Å². The van der Waals surface area contributed by atoms with Gasteiger partial charge < -0.3 is 21.4 Å². The van der Waals surface area contributed by atoms with E-state index in [1.165, 1.54) is 13.8 Å². The summed E-state index contributed by atoms with van der Waals surface area (Å²) in [6, 6.07) is 22.7. The zero-order valence-electron chi connectivity index (χ0n) is 30.1. The van der Waals surface area contributed by atoms with Crippen molar-refractivity contribution in [3.63, 3.8) is 0 Å². The molecule has 0 radical (unpaired) electrons. The second-order valence-electron chi connectivity index (χ2n) is 9.64. The molecule has 10 nitrogen and oxygen atoms in total. The lowest BCUT2D eigenvalue weighted by Crippen LogP contribution is -2.18. The van der Waals surface area contributed by atoms with Gasteiger partial charge in [0, 0.05) is 11.7 Å². The maximum atomic E-state index is 11.5. The van der Waals surface area contributed by atoms with Crippen LogP contribution in [0.4, 0.5) is 11.4 Å². The number of aromatic nitrogens is 4. The number of ketones is 2. The van der Waals surface area contributed by atoms with E-state index in [9.17, 15) is 19.2 Å². The molecule has 5 aromatic rings. The first-order chi connectivity index (χ1) is 22.3. The lowest BCUT2D eigenvalue weighted by molar-refractivity contribution is -0.124. The predicted molar refractivity (Wildman–Crippen MR) is 202 cm³/mol. The molecule has 47 heavy (non-hydrogen) atoms. The van der Waals surface area contributed by atoms with Gasteiger partial charge in [0.1, 0.15) is 11.6 Å². The van der Waals surface area contributed by atoms with Crippen LogP contribution in [0.1, 0.15) is 88.6 Å². The Morgan fingerprint density at radius 2 is 1.02 bits per heavy atom. The molecule has 10 heteroatoms. The number of nitrogens with one attached hydrogen (secondary N) is 2. The molecule has 0 saturated carbocycles. The number of para-hydroxylation sites is 6. The molecule has 0 amide bonds. The molecule has 6 N–H and O–H groups in total. The minimum atomic E-state index is -0.131. The summed E-state index contributed by atoms with van der Waals surface area (Å²) in [5, 5.41) is 0. The Kier molecular flexibility index (Phi) is 22.6. The van der Waals surface area contributed by atoms with Gasteiger partial charge in [-0.05, 0) is 71.0 Å². The highest BCUT2D eigenvalue weighted by Crippen LogP contribution is 2.14. The van der Waals surface area contributed by atoms with Crippen molar-refractivity contribution in [2.24, 2.45) is 0 Å². The van der Waals surface area contributed by atoms with Crippen LogP contribution >= 0.6 is 0 Å². The van der Waals surface area contributed by atoms with Crippen molar-refractivity contribution in [2.45, 2.75) is 88.6 Å². The van der Waals surface area contributed by atoms with Gasteiger partial charge in [-0.2, -0.15) is 0 Å². The Morgan fingerprint density at radius 3 is 1.38 bits per heavy atom. The number of nitrogen functional groups attached to an aromatic ring is 2. The zero-order chi connectivity index (χ0) is 36.7. The molecule has 0 atom stereocenters. The number of benzene rings is 3. The summed E-state index contributed by atoms with van der Waals surface area (Å²) in [6.07, 6.45) is 0.0833. The molecule has 2 heterocycles. The standard InChI is InChI=1S/C10H12N2O.C10H10N2O.C6H8N2.C5H8O2.3C2H6/c2*1-7(2)12-9-6-4-3-5-8(9)11-10(12)13;7-5-3-1-2-4-6(5)8;1-4(6)3-5(2)7;3*1-2/h3-7H,1-2H3,(H,11,13);3-6H,1H2,2H3,(H,11,13);1-4H,7-8H2;3H2,1-2H3;3*1-2H3. The number of rotatable bonds is 4. The van der Waals surface area contributed by atoms with E-state index in [2.05, 4.69) is 16.5 Å². The topological polar surface area (TPSA) is 162 Å². The van der Waals surface area contributed by atoms with Gasteiger partial charge in [-0.25, -0.2) is 9.59 Å². The minimum Gasteiger partial charge on any atom is -0.397 e. The molecule has 0 spiro atoms. The van der Waals surface area contributed by atoms with Crippen LogP contribution < -0.4 is 22.8 Å². The van der Waals surface area contributed by atoms with E-state index in [0.717, 1.165) is 27.8 Å². The van der Waals surface area contributed by atoms with Crippen LogP contribution in [0, 0.1) is 0 Å². The molecule has 5 rings (SSSR count). The van der Waals surface area contributed by atoms with Gasteiger partial charge in [0.25, 0.3) is 0 Å². The number of allylic oxidation sites excluding steroid dienone is 1. The molecule has 2 aromatic heterocycles. The predicted octanol–water partition coefficient (Wildman–Crippen LogP) is 8.21. The van der Waals surface area contributed by atoms with Crippen LogP contribution in [0.3, 0.4) is 0 Å². The van der Waals surface area contributed by atoms with Crippen LogP contribution in [0.5, 0.6) is 0 Å². The third kappa shape index (κ3) is 15.1. The average molecular weight is 649 g/mol. The van der Waals surface area contributed by atoms with Crippen molar-refractivity contribution in [3.8, 4) is 0 Å². The van der Waals surface area contributed by atoms with Crippen LogP contribution in [0.25, 0.3) is 27.8 Å². The molecule has 0 unspecified atom stereocenters. The summed E-state index contributed by atoms with van der Waals surface area (Å²) < 4.78 is 3.32. The molecule has 0 aliphatic rings. The van der Waals surface area contributed by atoms with Crippen molar-refractivity contribution >= 4 is 50.7 Å². The molecule has 0 aliphatic carbocycles. The number of Topliss-reactive ketones (excluding diaryl/α,β-unsaturated/α-hetero) is 2. The summed E-state index contributed by atoms with van der Waals surface area (Å²) in [6.45, 7) is 24.4. The Hall–Kier alpha value is -5.12. The van der Waals surface area contributed by atoms with Crippen LogP contribution in [0.2, 0.25) is 0 Å². The maximum Gasteiger partial charge on any atom is 0.330 e. The summed E-state index contributed by atoms with van der Waals surface area (Å²) in [5.74, 6) is -0.125. The molecule has 0 saturated heterocycles. The monoisotopic (exact) mass is 648 g/mol. The van der Waals surface area contributed by atoms with Gasteiger partial charge >= 0.3 is 11.4 Å². The zero-order valence-corrected chi connectivity index (χ0v) is 30.1. The van der Waals surface area contributed by atoms with Crippen molar-refractivity contribution in [1.82, 2.24) is 19.1 Å². The van der Waals surface area contributed by atoms with E-state index < -0.39 is 0 Å². The number of hydrogen-bond donors (Lipinski definition) is 4. The number of imidazole rings is 2. The molecule has 0 aliphatic heterocycles. The van der Waals surface area contributed by atoms with Gasteiger partial charge in [-0.3, -0.25) is 18.7 Å². The van der Waals surface area contributed by atoms with E-state index in [4.69, 9.17) is 11.5 Å². The fourth-order valence-electron chi connectivity index (χ4n) is 3.88. The molecule has 3 aromatic carbocycles. The highest BCUT2D eigenvalue weighted by atomic mass is 16.2. The van der Waals surface area contributed by atoms with Crippen LogP contribution in [-0.2, 0) is 9.59 Å². The Bertz CT molecular complexity index is 1720. The number of carbonyl (C=O) groups is 2. The van der Waals surface area contributed by atoms with Gasteiger partial charge in [-0.1, -0.05) is 84.5 Å². The number of H-pyrrole nitrogens is 2.